The van der Waals surface area contributed by atoms with Crippen LogP contribution in [0, 0.1) is 0 Å². The summed E-state index contributed by atoms with van der Waals surface area (Å²) in [6.07, 6.45) is 0.867. The second-order valence-electron chi connectivity index (χ2n) is 6.04. The highest BCUT2D eigenvalue weighted by Crippen LogP contribution is 2.30. The number of ether oxygens (including phenoxy) is 2. The lowest BCUT2D eigenvalue weighted by atomic mass is 10.2. The van der Waals surface area contributed by atoms with Crippen molar-refractivity contribution in [1.82, 2.24) is 0 Å². The first-order valence-electron chi connectivity index (χ1n) is 8.50. The summed E-state index contributed by atoms with van der Waals surface area (Å²) in [6, 6.07) is 18.8. The van der Waals surface area contributed by atoms with Gasteiger partial charge in [0.1, 0.15) is 12.4 Å². The average Bonchev–Trinajstić information content (AvgIpc) is 3.33. The van der Waals surface area contributed by atoms with Crippen molar-refractivity contribution >= 4 is 11.6 Å². The van der Waals surface area contributed by atoms with Gasteiger partial charge in [0.2, 0.25) is 0 Å². The lowest BCUT2D eigenvalue weighted by Crippen LogP contribution is -2.28. The highest BCUT2D eigenvalue weighted by atomic mass is 16.5. The summed E-state index contributed by atoms with van der Waals surface area (Å²) in [5, 5.41) is 0. The van der Waals surface area contributed by atoms with Gasteiger partial charge < -0.3 is 18.8 Å². The molecule has 0 saturated heterocycles. The van der Waals surface area contributed by atoms with E-state index in [9.17, 15) is 4.79 Å². The smallest absolute Gasteiger partial charge is 0.293 e. The molecule has 132 valence electrons. The van der Waals surface area contributed by atoms with E-state index in [1.807, 2.05) is 42.5 Å². The fourth-order valence-electron chi connectivity index (χ4n) is 3.14. The average molecular weight is 349 g/mol. The zero-order valence-electron chi connectivity index (χ0n) is 14.5. The van der Waals surface area contributed by atoms with E-state index in [0.29, 0.717) is 29.6 Å². The van der Waals surface area contributed by atoms with Gasteiger partial charge in [-0.2, -0.15) is 0 Å². The minimum Gasteiger partial charge on any atom is -0.493 e. The van der Waals surface area contributed by atoms with Crippen LogP contribution in [0.15, 0.2) is 65.1 Å². The van der Waals surface area contributed by atoms with Crippen LogP contribution in [0.3, 0.4) is 0 Å². The van der Waals surface area contributed by atoms with Gasteiger partial charge in [-0.1, -0.05) is 30.3 Å². The highest BCUT2D eigenvalue weighted by Gasteiger charge is 2.27. The standard InChI is InChI=1S/C21H19NO4/c1-24-18-8-4-5-9-19(18)25-14-16-10-11-20(26-16)21(23)22-13-12-15-6-2-3-7-17(15)22/h2-11H,12-14H2,1H3. The minimum atomic E-state index is -0.126. The number of para-hydroxylation sites is 3. The summed E-state index contributed by atoms with van der Waals surface area (Å²) < 4.78 is 16.7. The van der Waals surface area contributed by atoms with Gasteiger partial charge in [-0.3, -0.25) is 4.79 Å². The molecule has 1 amide bonds. The van der Waals surface area contributed by atoms with Gasteiger partial charge in [0.05, 0.1) is 7.11 Å². The van der Waals surface area contributed by atoms with E-state index in [0.717, 1.165) is 12.1 Å². The molecule has 0 unspecified atom stereocenters. The van der Waals surface area contributed by atoms with Crippen LogP contribution in [0.25, 0.3) is 0 Å². The zero-order valence-corrected chi connectivity index (χ0v) is 14.5. The predicted molar refractivity (Wildman–Crippen MR) is 97.9 cm³/mol. The molecule has 5 heteroatoms. The Morgan fingerprint density at radius 1 is 1.04 bits per heavy atom. The Bertz CT molecular complexity index is 931. The fraction of sp³-hybridized carbons (Fsp3) is 0.190. The third-order valence-electron chi connectivity index (χ3n) is 4.44. The molecule has 26 heavy (non-hydrogen) atoms. The van der Waals surface area contributed by atoms with E-state index in [1.165, 1.54) is 5.56 Å². The molecule has 4 rings (SSSR count). The molecule has 0 radical (unpaired) electrons. The van der Waals surface area contributed by atoms with Crippen LogP contribution in [0.4, 0.5) is 5.69 Å². The number of hydrogen-bond donors (Lipinski definition) is 0. The molecule has 0 fully saturated rings. The molecular weight excluding hydrogens is 330 g/mol. The number of carbonyl (C=O) groups excluding carboxylic acids is 1. The number of fused-ring (bicyclic) bond motifs is 1. The van der Waals surface area contributed by atoms with Gasteiger partial charge in [-0.15, -0.1) is 0 Å². The second kappa shape index (κ2) is 6.96. The molecule has 0 N–H and O–H groups in total. The summed E-state index contributed by atoms with van der Waals surface area (Å²) >= 11 is 0. The number of methoxy groups -OCH3 is 1. The number of rotatable bonds is 5. The van der Waals surface area contributed by atoms with E-state index in [2.05, 4.69) is 6.07 Å². The Morgan fingerprint density at radius 2 is 1.81 bits per heavy atom. The lowest BCUT2D eigenvalue weighted by molar-refractivity contribution is 0.0958. The van der Waals surface area contributed by atoms with Gasteiger partial charge in [0, 0.05) is 12.2 Å². The molecule has 2 aromatic carbocycles. The Balaban J connectivity index is 1.46. The first-order valence-corrected chi connectivity index (χ1v) is 8.50. The van der Waals surface area contributed by atoms with Crippen molar-refractivity contribution in [3.63, 3.8) is 0 Å². The third-order valence-corrected chi connectivity index (χ3v) is 4.44. The van der Waals surface area contributed by atoms with Crippen molar-refractivity contribution in [2.24, 2.45) is 0 Å². The van der Waals surface area contributed by atoms with Gasteiger partial charge in [0.15, 0.2) is 17.3 Å². The van der Waals surface area contributed by atoms with E-state index in [-0.39, 0.29) is 12.5 Å². The minimum absolute atomic E-state index is 0.126. The topological polar surface area (TPSA) is 51.9 Å². The lowest BCUT2D eigenvalue weighted by Gasteiger charge is -2.15. The van der Waals surface area contributed by atoms with Crippen molar-refractivity contribution in [3.05, 3.63) is 77.7 Å². The molecule has 0 bridgehead atoms. The SMILES string of the molecule is COc1ccccc1OCc1ccc(C(=O)N2CCc3ccccc32)o1. The molecule has 5 nitrogen and oxygen atoms in total. The monoisotopic (exact) mass is 349 g/mol. The van der Waals surface area contributed by atoms with Crippen molar-refractivity contribution in [3.8, 4) is 11.5 Å². The normalized spacial score (nSPS) is 12.7. The van der Waals surface area contributed by atoms with Gasteiger partial charge >= 0.3 is 0 Å². The number of benzene rings is 2. The van der Waals surface area contributed by atoms with E-state index >= 15 is 0 Å². The summed E-state index contributed by atoms with van der Waals surface area (Å²) in [5.41, 5.74) is 2.15. The molecule has 1 aromatic heterocycles. The number of carbonyl (C=O) groups is 1. The van der Waals surface area contributed by atoms with Crippen molar-refractivity contribution in [2.75, 3.05) is 18.6 Å². The van der Waals surface area contributed by atoms with Gasteiger partial charge in [-0.25, -0.2) is 0 Å². The summed E-state index contributed by atoms with van der Waals surface area (Å²) in [5.74, 6) is 2.07. The zero-order chi connectivity index (χ0) is 17.9. The predicted octanol–water partition coefficient (Wildman–Crippen LogP) is 4.07. The molecule has 0 atom stereocenters. The summed E-state index contributed by atoms with van der Waals surface area (Å²) in [7, 11) is 1.60. The molecule has 1 aliphatic heterocycles. The molecular formula is C21H19NO4. The first kappa shape index (κ1) is 16.3. The van der Waals surface area contributed by atoms with Crippen LogP contribution in [0.5, 0.6) is 11.5 Å². The van der Waals surface area contributed by atoms with Crippen molar-refractivity contribution in [1.29, 1.82) is 0 Å². The number of amides is 1. The Kier molecular flexibility index (Phi) is 4.35. The Morgan fingerprint density at radius 3 is 2.65 bits per heavy atom. The van der Waals surface area contributed by atoms with Crippen LogP contribution < -0.4 is 14.4 Å². The van der Waals surface area contributed by atoms with Crippen LogP contribution in [0.1, 0.15) is 21.9 Å². The van der Waals surface area contributed by atoms with Crippen molar-refractivity contribution in [2.45, 2.75) is 13.0 Å². The van der Waals surface area contributed by atoms with Crippen LogP contribution >= 0.6 is 0 Å². The van der Waals surface area contributed by atoms with Gasteiger partial charge in [0.25, 0.3) is 5.91 Å². The number of anilines is 1. The largest absolute Gasteiger partial charge is 0.493 e. The number of hydrogen-bond acceptors (Lipinski definition) is 4. The Labute approximate surface area is 151 Å². The number of furan rings is 1. The summed E-state index contributed by atoms with van der Waals surface area (Å²) in [6.45, 7) is 0.899. The molecule has 1 aliphatic rings. The quantitative estimate of drug-likeness (QED) is 0.697. The molecule has 0 aliphatic carbocycles. The molecule has 0 saturated carbocycles. The van der Waals surface area contributed by atoms with E-state index in [1.54, 1.807) is 24.1 Å². The van der Waals surface area contributed by atoms with Crippen molar-refractivity contribution < 1.29 is 18.7 Å². The molecule has 3 aromatic rings. The summed E-state index contributed by atoms with van der Waals surface area (Å²) in [4.78, 5) is 14.5. The highest BCUT2D eigenvalue weighted by molar-refractivity contribution is 6.05. The maximum absolute atomic E-state index is 12.8. The number of nitrogens with zero attached hydrogens (tertiary/aromatic N) is 1. The van der Waals surface area contributed by atoms with Crippen LogP contribution in [0.2, 0.25) is 0 Å². The van der Waals surface area contributed by atoms with E-state index in [4.69, 9.17) is 13.9 Å². The maximum atomic E-state index is 12.8. The first-order chi connectivity index (χ1) is 12.8. The Hall–Kier alpha value is -3.21. The maximum Gasteiger partial charge on any atom is 0.293 e. The van der Waals surface area contributed by atoms with Crippen LogP contribution in [-0.2, 0) is 13.0 Å². The molecule has 2 heterocycles. The van der Waals surface area contributed by atoms with E-state index < -0.39 is 0 Å². The fourth-order valence-corrected chi connectivity index (χ4v) is 3.14. The third kappa shape index (κ3) is 3.04. The second-order valence-corrected chi connectivity index (χ2v) is 6.04. The van der Waals surface area contributed by atoms with Gasteiger partial charge in [-0.05, 0) is 42.3 Å². The molecule has 0 spiro atoms. The van der Waals surface area contributed by atoms with Crippen LogP contribution in [-0.4, -0.2) is 19.6 Å².